The van der Waals surface area contributed by atoms with Crippen molar-refractivity contribution in [2.45, 2.75) is 44.4 Å². The maximum absolute atomic E-state index is 13.1. The molecule has 1 aromatic rings. The first-order chi connectivity index (χ1) is 12.1. The van der Waals surface area contributed by atoms with Crippen LogP contribution in [0.5, 0.6) is 0 Å². The van der Waals surface area contributed by atoms with Gasteiger partial charge >= 0.3 is 0 Å². The van der Waals surface area contributed by atoms with Gasteiger partial charge in [-0.05, 0) is 38.3 Å². The number of hydrogen-bond acceptors (Lipinski definition) is 5. The first-order valence-electron chi connectivity index (χ1n) is 8.81. The van der Waals surface area contributed by atoms with Gasteiger partial charge in [-0.1, -0.05) is 18.2 Å². The number of para-hydroxylation sites is 1. The second-order valence-electron chi connectivity index (χ2n) is 6.68. The van der Waals surface area contributed by atoms with Crippen molar-refractivity contribution >= 4 is 23.3 Å². The van der Waals surface area contributed by atoms with E-state index in [1.807, 2.05) is 35.2 Å². The van der Waals surface area contributed by atoms with Gasteiger partial charge in [0.15, 0.2) is 0 Å². The number of nitrogens with zero attached hydrogens (tertiary/aromatic N) is 3. The molecule has 0 radical (unpaired) electrons. The van der Waals surface area contributed by atoms with Crippen LogP contribution >= 0.6 is 0 Å². The zero-order valence-electron chi connectivity index (χ0n) is 14.2. The van der Waals surface area contributed by atoms with Gasteiger partial charge in [-0.25, -0.2) is 10.0 Å². The van der Waals surface area contributed by atoms with Crippen LogP contribution in [-0.4, -0.2) is 53.9 Å². The number of amides is 2. The van der Waals surface area contributed by atoms with Crippen LogP contribution in [0.25, 0.3) is 0 Å². The van der Waals surface area contributed by atoms with Gasteiger partial charge in [0, 0.05) is 6.54 Å². The zero-order chi connectivity index (χ0) is 17.4. The molecule has 1 aromatic carbocycles. The van der Waals surface area contributed by atoms with Gasteiger partial charge in [0.1, 0.15) is 6.04 Å². The Labute approximate surface area is 146 Å². The van der Waals surface area contributed by atoms with E-state index in [0.29, 0.717) is 18.8 Å². The summed E-state index contributed by atoms with van der Waals surface area (Å²) in [4.78, 5) is 31.7. The number of benzene rings is 1. The van der Waals surface area contributed by atoms with Gasteiger partial charge in [0.25, 0.3) is 11.8 Å². The van der Waals surface area contributed by atoms with Crippen LogP contribution < -0.4 is 10.4 Å². The molecule has 3 aliphatic rings. The smallest absolute Gasteiger partial charge is 0.291 e. The SMILES string of the molecule is C[C@@H]1N=C(C(=O)N2CCO[C@H]3CCC[C@@H]32)NN(c2ccccc2)C1=O. The van der Waals surface area contributed by atoms with Crippen LogP contribution in [0.2, 0.25) is 0 Å². The Balaban J connectivity index is 1.58. The molecule has 2 amide bonds. The lowest BCUT2D eigenvalue weighted by molar-refractivity contribution is -0.137. The zero-order valence-corrected chi connectivity index (χ0v) is 14.2. The Morgan fingerprint density at radius 3 is 2.88 bits per heavy atom. The molecule has 0 aromatic heterocycles. The first-order valence-corrected chi connectivity index (χ1v) is 8.81. The average Bonchev–Trinajstić information content (AvgIpc) is 3.12. The van der Waals surface area contributed by atoms with Crippen molar-refractivity contribution in [1.29, 1.82) is 0 Å². The van der Waals surface area contributed by atoms with Crippen LogP contribution in [0, 0.1) is 0 Å². The van der Waals surface area contributed by atoms with Gasteiger partial charge in [0.05, 0.1) is 24.4 Å². The quantitative estimate of drug-likeness (QED) is 0.874. The minimum atomic E-state index is -0.596. The summed E-state index contributed by atoms with van der Waals surface area (Å²) in [5, 5.41) is 1.41. The minimum Gasteiger partial charge on any atom is -0.374 e. The number of fused-ring (bicyclic) bond motifs is 1. The molecule has 1 saturated heterocycles. The van der Waals surface area contributed by atoms with E-state index in [4.69, 9.17) is 4.74 Å². The number of ether oxygens (including phenoxy) is 1. The van der Waals surface area contributed by atoms with E-state index in [2.05, 4.69) is 10.4 Å². The van der Waals surface area contributed by atoms with E-state index in [-0.39, 0.29) is 29.8 Å². The molecule has 25 heavy (non-hydrogen) atoms. The number of hydrazine groups is 1. The average molecular weight is 342 g/mol. The van der Waals surface area contributed by atoms with Crippen LogP contribution in [0.1, 0.15) is 26.2 Å². The van der Waals surface area contributed by atoms with Gasteiger partial charge in [-0.3, -0.25) is 15.0 Å². The first kappa shape index (κ1) is 16.1. The molecule has 132 valence electrons. The maximum atomic E-state index is 13.1. The number of rotatable bonds is 2. The highest BCUT2D eigenvalue weighted by Gasteiger charge is 2.41. The number of morpholine rings is 1. The van der Waals surface area contributed by atoms with Crippen LogP contribution in [-0.2, 0) is 14.3 Å². The van der Waals surface area contributed by atoms with Crippen molar-refractivity contribution in [2.24, 2.45) is 4.99 Å². The fourth-order valence-corrected chi connectivity index (χ4v) is 3.81. The molecule has 7 nitrogen and oxygen atoms in total. The predicted octanol–water partition coefficient (Wildman–Crippen LogP) is 1.10. The van der Waals surface area contributed by atoms with Crippen molar-refractivity contribution < 1.29 is 14.3 Å². The second-order valence-corrected chi connectivity index (χ2v) is 6.68. The summed E-state index contributed by atoms with van der Waals surface area (Å²) < 4.78 is 5.78. The fourth-order valence-electron chi connectivity index (χ4n) is 3.81. The molecule has 2 aliphatic heterocycles. The summed E-state index contributed by atoms with van der Waals surface area (Å²) in [6.45, 7) is 2.83. The highest BCUT2D eigenvalue weighted by molar-refractivity contribution is 6.39. The van der Waals surface area contributed by atoms with Crippen LogP contribution in [0.4, 0.5) is 5.69 Å². The van der Waals surface area contributed by atoms with E-state index >= 15 is 0 Å². The van der Waals surface area contributed by atoms with E-state index in [0.717, 1.165) is 19.3 Å². The lowest BCUT2D eigenvalue weighted by atomic mass is 10.1. The molecular formula is C18H22N4O3. The number of amidine groups is 1. The Morgan fingerprint density at radius 2 is 2.08 bits per heavy atom. The van der Waals surface area contributed by atoms with E-state index < -0.39 is 6.04 Å². The standard InChI is InChI=1S/C18H22N4O3/c1-12-17(23)22(13-6-3-2-4-7-13)20-16(19-12)18(24)21-10-11-25-15-9-5-8-14(15)21/h2-4,6-7,12,14-15H,5,8-11H2,1H3,(H,19,20)/t12-,14-,15-/m0/s1. The number of nitrogens with one attached hydrogen (secondary N) is 1. The Hall–Kier alpha value is -2.41. The minimum absolute atomic E-state index is 0.115. The summed E-state index contributed by atoms with van der Waals surface area (Å²) >= 11 is 0. The van der Waals surface area contributed by atoms with Gasteiger partial charge in [0.2, 0.25) is 5.84 Å². The molecule has 3 atom stereocenters. The maximum Gasteiger partial charge on any atom is 0.291 e. The largest absolute Gasteiger partial charge is 0.374 e. The Morgan fingerprint density at radius 1 is 1.28 bits per heavy atom. The normalized spacial score (nSPS) is 29.1. The third-order valence-electron chi connectivity index (χ3n) is 5.08. The molecule has 1 N–H and O–H groups in total. The van der Waals surface area contributed by atoms with E-state index in [1.165, 1.54) is 5.01 Å². The molecule has 1 aliphatic carbocycles. The van der Waals surface area contributed by atoms with Crippen LogP contribution in [0.15, 0.2) is 35.3 Å². The van der Waals surface area contributed by atoms with Crippen molar-refractivity contribution in [2.75, 3.05) is 18.2 Å². The summed E-state index contributed by atoms with van der Waals surface area (Å²) in [6, 6.07) is 8.76. The molecular weight excluding hydrogens is 320 g/mol. The molecule has 7 heteroatoms. The predicted molar refractivity (Wildman–Crippen MR) is 93.1 cm³/mol. The van der Waals surface area contributed by atoms with Gasteiger partial charge < -0.3 is 9.64 Å². The van der Waals surface area contributed by atoms with Gasteiger partial charge in [-0.15, -0.1) is 0 Å². The topological polar surface area (TPSA) is 74.2 Å². The number of anilines is 1. The highest BCUT2D eigenvalue weighted by atomic mass is 16.5. The summed E-state index contributed by atoms with van der Waals surface area (Å²) in [6.07, 6.45) is 3.16. The van der Waals surface area contributed by atoms with E-state index in [1.54, 1.807) is 6.92 Å². The fraction of sp³-hybridized carbons (Fsp3) is 0.500. The van der Waals surface area contributed by atoms with Crippen molar-refractivity contribution in [1.82, 2.24) is 10.3 Å². The van der Waals surface area contributed by atoms with Crippen molar-refractivity contribution in [3.05, 3.63) is 30.3 Å². The molecule has 2 fully saturated rings. The van der Waals surface area contributed by atoms with E-state index in [9.17, 15) is 9.59 Å². The Bertz CT molecular complexity index is 706. The molecule has 0 unspecified atom stereocenters. The molecule has 4 rings (SSSR count). The lowest BCUT2D eigenvalue weighted by Crippen LogP contribution is -2.61. The monoisotopic (exact) mass is 342 g/mol. The Kier molecular flexibility index (Phi) is 4.17. The summed E-state index contributed by atoms with van der Waals surface area (Å²) in [5.74, 6) is -0.104. The van der Waals surface area contributed by atoms with Gasteiger partial charge in [-0.2, -0.15) is 0 Å². The molecule has 2 heterocycles. The number of hydrogen-bond donors (Lipinski definition) is 1. The number of carbonyl (C=O) groups excluding carboxylic acids is 2. The molecule has 0 bridgehead atoms. The lowest BCUT2D eigenvalue weighted by Gasteiger charge is -2.39. The van der Waals surface area contributed by atoms with Crippen molar-refractivity contribution in [3.63, 3.8) is 0 Å². The number of aliphatic imine (C=N–C) groups is 1. The molecule has 0 spiro atoms. The van der Waals surface area contributed by atoms with Crippen LogP contribution in [0.3, 0.4) is 0 Å². The summed E-state index contributed by atoms with van der Waals surface area (Å²) in [7, 11) is 0. The third kappa shape index (κ3) is 2.89. The molecule has 1 saturated carbocycles. The highest BCUT2D eigenvalue weighted by Crippen LogP contribution is 2.30. The summed E-state index contributed by atoms with van der Waals surface area (Å²) in [5.41, 5.74) is 3.62. The van der Waals surface area contributed by atoms with Crippen molar-refractivity contribution in [3.8, 4) is 0 Å². The third-order valence-corrected chi connectivity index (χ3v) is 5.08. The second kappa shape index (κ2) is 6.48. The number of carbonyl (C=O) groups is 2.